The third-order valence-corrected chi connectivity index (χ3v) is 4.46. The van der Waals surface area contributed by atoms with Gasteiger partial charge in [-0.1, -0.05) is 6.07 Å². The van der Waals surface area contributed by atoms with Crippen molar-refractivity contribution >= 4 is 17.5 Å². The molecule has 25 heavy (non-hydrogen) atoms. The van der Waals surface area contributed by atoms with Crippen LogP contribution in [-0.4, -0.2) is 48.1 Å². The molecule has 0 bridgehead atoms. The molecule has 3 rings (SSSR count). The molecule has 2 heterocycles. The summed E-state index contributed by atoms with van der Waals surface area (Å²) in [5.41, 5.74) is -0.393. The van der Waals surface area contributed by atoms with Crippen LogP contribution in [0.3, 0.4) is 0 Å². The number of amides is 1. The second-order valence-corrected chi connectivity index (χ2v) is 6.00. The maximum atomic E-state index is 13.7. The van der Waals surface area contributed by atoms with Gasteiger partial charge in [0.05, 0.1) is 26.2 Å². The number of hydrogen-bond acceptors (Lipinski definition) is 4. The maximum absolute atomic E-state index is 13.7. The zero-order valence-corrected chi connectivity index (χ0v) is 13.9. The Balaban J connectivity index is 1.59. The molecule has 8 heteroatoms. The summed E-state index contributed by atoms with van der Waals surface area (Å²) < 4.78 is 27.3. The molecule has 0 unspecified atom stereocenters. The van der Waals surface area contributed by atoms with E-state index in [4.69, 9.17) is 0 Å². The summed E-state index contributed by atoms with van der Waals surface area (Å²) in [6.45, 7) is 4.62. The number of halogens is 2. The average Bonchev–Trinajstić information content (AvgIpc) is 2.65. The first-order valence-corrected chi connectivity index (χ1v) is 8.17. The summed E-state index contributed by atoms with van der Waals surface area (Å²) in [7, 11) is 0. The van der Waals surface area contributed by atoms with Gasteiger partial charge in [0.25, 0.3) is 5.91 Å². The van der Waals surface area contributed by atoms with Crippen molar-refractivity contribution in [2.24, 2.45) is 0 Å². The van der Waals surface area contributed by atoms with Gasteiger partial charge in [-0.25, -0.2) is 18.7 Å². The normalized spacial score (nSPS) is 16.5. The largest absolute Gasteiger partial charge is 0.330 e. The summed E-state index contributed by atoms with van der Waals surface area (Å²) in [5.74, 6) is -1.28. The van der Waals surface area contributed by atoms with E-state index in [-0.39, 0.29) is 0 Å². The molecule has 0 saturated carbocycles. The molecule has 1 amide bonds. The van der Waals surface area contributed by atoms with E-state index in [1.54, 1.807) is 25.4 Å². The molecule has 1 aliphatic heterocycles. The van der Waals surface area contributed by atoms with E-state index in [1.807, 2.05) is 0 Å². The first kappa shape index (κ1) is 17.2. The molecule has 0 aliphatic carbocycles. The third-order valence-electron chi connectivity index (χ3n) is 4.46. The van der Waals surface area contributed by atoms with E-state index >= 15 is 0 Å². The van der Waals surface area contributed by atoms with Crippen LogP contribution in [0.15, 0.2) is 36.7 Å². The van der Waals surface area contributed by atoms with Gasteiger partial charge >= 0.3 is 0 Å². The summed E-state index contributed by atoms with van der Waals surface area (Å²) in [6, 6.07) is 4.85. The highest BCUT2D eigenvalue weighted by Gasteiger charge is 2.30. The Hall–Kier alpha value is -2.61. The number of hydrogen-bond donors (Lipinski definition) is 2. The van der Waals surface area contributed by atoms with Crippen molar-refractivity contribution in [1.82, 2.24) is 9.97 Å². The molecule has 1 atom stereocenters. The van der Waals surface area contributed by atoms with E-state index < -0.39 is 29.3 Å². The SMILES string of the molecule is C[C@H](C(=O)Nc1c(F)cccc1F)[NH+]1CCN(c2ncccn2)CC1. The molecule has 2 N–H and O–H groups in total. The van der Waals surface area contributed by atoms with E-state index in [9.17, 15) is 13.6 Å². The second-order valence-electron chi connectivity index (χ2n) is 6.00. The first-order valence-electron chi connectivity index (χ1n) is 8.17. The minimum Gasteiger partial charge on any atom is -0.330 e. The summed E-state index contributed by atoms with van der Waals surface area (Å²) >= 11 is 0. The van der Waals surface area contributed by atoms with Crippen molar-refractivity contribution in [2.75, 3.05) is 36.4 Å². The van der Waals surface area contributed by atoms with Crippen LogP contribution in [0.25, 0.3) is 0 Å². The summed E-state index contributed by atoms with van der Waals surface area (Å²) in [6.07, 6.45) is 3.39. The highest BCUT2D eigenvalue weighted by molar-refractivity contribution is 5.93. The molecule has 6 nitrogen and oxygen atoms in total. The first-order chi connectivity index (χ1) is 12.1. The summed E-state index contributed by atoms with van der Waals surface area (Å²) in [5, 5.41) is 2.37. The Kier molecular flexibility index (Phi) is 5.18. The molecule has 2 aromatic rings. The number of quaternary nitrogens is 1. The molecule has 1 aromatic heterocycles. The fourth-order valence-electron chi connectivity index (χ4n) is 2.92. The predicted octanol–water partition coefficient (Wildman–Crippen LogP) is 0.487. The van der Waals surface area contributed by atoms with Gasteiger partial charge in [0.15, 0.2) is 6.04 Å². The second kappa shape index (κ2) is 7.52. The smallest absolute Gasteiger partial charge is 0.282 e. The molecule has 1 aromatic carbocycles. The molecular weight excluding hydrogens is 328 g/mol. The van der Waals surface area contributed by atoms with E-state index in [0.29, 0.717) is 32.1 Å². The molecule has 132 valence electrons. The highest BCUT2D eigenvalue weighted by Crippen LogP contribution is 2.17. The van der Waals surface area contributed by atoms with Crippen molar-refractivity contribution in [3.8, 4) is 0 Å². The Labute approximate surface area is 144 Å². The van der Waals surface area contributed by atoms with Crippen LogP contribution < -0.4 is 15.1 Å². The topological polar surface area (TPSA) is 62.6 Å². The molecule has 1 saturated heterocycles. The van der Waals surface area contributed by atoms with Gasteiger partial charge in [-0.3, -0.25) is 4.79 Å². The average molecular weight is 348 g/mol. The van der Waals surface area contributed by atoms with E-state index in [2.05, 4.69) is 20.2 Å². The minimum absolute atomic E-state index is 0.393. The van der Waals surface area contributed by atoms with Gasteiger partial charge in [-0.05, 0) is 25.1 Å². The number of piperazine rings is 1. The Morgan fingerprint density at radius 1 is 1.16 bits per heavy atom. The van der Waals surface area contributed by atoms with Crippen LogP contribution in [0.4, 0.5) is 20.4 Å². The third kappa shape index (κ3) is 3.90. The van der Waals surface area contributed by atoms with Crippen LogP contribution in [0, 0.1) is 11.6 Å². The molecule has 0 spiro atoms. The predicted molar refractivity (Wildman–Crippen MR) is 89.4 cm³/mol. The number of carbonyl (C=O) groups excluding carboxylic acids is 1. The maximum Gasteiger partial charge on any atom is 0.282 e. The van der Waals surface area contributed by atoms with Crippen molar-refractivity contribution in [1.29, 1.82) is 0 Å². The number of anilines is 2. The molecular formula is C17H20F2N5O+. The summed E-state index contributed by atoms with van der Waals surface area (Å²) in [4.78, 5) is 23.9. The van der Waals surface area contributed by atoms with Gasteiger partial charge in [0.1, 0.15) is 17.3 Å². The molecule has 1 fully saturated rings. The van der Waals surface area contributed by atoms with Gasteiger partial charge < -0.3 is 15.1 Å². The van der Waals surface area contributed by atoms with Crippen LogP contribution in [-0.2, 0) is 4.79 Å². The number of benzene rings is 1. The molecule has 1 aliphatic rings. The lowest BCUT2D eigenvalue weighted by atomic mass is 10.2. The highest BCUT2D eigenvalue weighted by atomic mass is 19.1. The van der Waals surface area contributed by atoms with Crippen LogP contribution >= 0.6 is 0 Å². The monoisotopic (exact) mass is 348 g/mol. The van der Waals surface area contributed by atoms with E-state index in [0.717, 1.165) is 17.0 Å². The van der Waals surface area contributed by atoms with Crippen molar-refractivity contribution in [3.05, 3.63) is 48.3 Å². The van der Waals surface area contributed by atoms with Crippen molar-refractivity contribution < 1.29 is 18.5 Å². The number of aromatic nitrogens is 2. The fourth-order valence-corrected chi connectivity index (χ4v) is 2.92. The van der Waals surface area contributed by atoms with Crippen LogP contribution in [0.5, 0.6) is 0 Å². The quantitative estimate of drug-likeness (QED) is 0.844. The van der Waals surface area contributed by atoms with Crippen molar-refractivity contribution in [3.63, 3.8) is 0 Å². The van der Waals surface area contributed by atoms with Gasteiger partial charge in [0.2, 0.25) is 5.95 Å². The Morgan fingerprint density at radius 2 is 1.76 bits per heavy atom. The van der Waals surface area contributed by atoms with Gasteiger partial charge in [-0.2, -0.15) is 0 Å². The van der Waals surface area contributed by atoms with E-state index in [1.165, 1.54) is 6.07 Å². The fraction of sp³-hybridized carbons (Fsp3) is 0.353. The standard InChI is InChI=1S/C17H19F2N5O/c1-12(16(25)22-15-13(18)4-2-5-14(15)19)23-8-10-24(11-9-23)17-20-6-3-7-21-17/h2-7,12H,8-11H2,1H3,(H,22,25)/p+1/t12-/m1/s1. The van der Waals surface area contributed by atoms with Crippen LogP contribution in [0.2, 0.25) is 0 Å². The lowest BCUT2D eigenvalue weighted by Gasteiger charge is -2.34. The van der Waals surface area contributed by atoms with Crippen molar-refractivity contribution in [2.45, 2.75) is 13.0 Å². The van der Waals surface area contributed by atoms with Crippen LogP contribution in [0.1, 0.15) is 6.92 Å². The van der Waals surface area contributed by atoms with Gasteiger partial charge in [0, 0.05) is 12.4 Å². The number of nitrogens with zero attached hydrogens (tertiary/aromatic N) is 3. The molecule has 0 radical (unpaired) electrons. The zero-order chi connectivity index (χ0) is 17.8. The minimum atomic E-state index is -0.776. The lowest BCUT2D eigenvalue weighted by molar-refractivity contribution is -0.914. The number of carbonyl (C=O) groups is 1. The Bertz CT molecular complexity index is 715. The zero-order valence-electron chi connectivity index (χ0n) is 13.9. The Morgan fingerprint density at radius 3 is 2.36 bits per heavy atom. The lowest BCUT2D eigenvalue weighted by Crippen LogP contribution is -3.19. The number of para-hydroxylation sites is 1. The number of rotatable bonds is 4. The number of nitrogens with one attached hydrogen (secondary N) is 2. The van der Waals surface area contributed by atoms with Gasteiger partial charge in [-0.15, -0.1) is 0 Å².